The van der Waals surface area contributed by atoms with Crippen molar-refractivity contribution >= 4 is 43.1 Å². The van der Waals surface area contributed by atoms with Crippen LogP contribution in [0.2, 0.25) is 0 Å². The summed E-state index contributed by atoms with van der Waals surface area (Å²) in [5.74, 6) is 0.720. The molecule has 2 nitrogen and oxygen atoms in total. The summed E-state index contributed by atoms with van der Waals surface area (Å²) in [7, 11) is 0. The zero-order valence-corrected chi connectivity index (χ0v) is 25.1. The second kappa shape index (κ2) is 10.8. The van der Waals surface area contributed by atoms with Gasteiger partial charge in [-0.15, -0.1) is 0 Å². The van der Waals surface area contributed by atoms with Gasteiger partial charge in [-0.1, -0.05) is 152 Å². The van der Waals surface area contributed by atoms with Crippen molar-refractivity contribution in [2.24, 2.45) is 0 Å². The third-order valence-electron chi connectivity index (χ3n) is 9.04. The molecule has 0 aliphatic carbocycles. The Balaban J connectivity index is 1.21. The van der Waals surface area contributed by atoms with E-state index in [2.05, 4.69) is 152 Å². The van der Waals surface area contributed by atoms with Crippen LogP contribution in [0.5, 0.6) is 0 Å². The third-order valence-corrected chi connectivity index (χ3v) is 9.04. The van der Waals surface area contributed by atoms with Gasteiger partial charge in [-0.2, -0.15) is 0 Å². The van der Waals surface area contributed by atoms with E-state index in [-0.39, 0.29) is 0 Å². The average molecular weight is 585 g/mol. The second-order valence-electron chi connectivity index (χ2n) is 11.8. The predicted octanol–water partition coefficient (Wildman–Crippen LogP) is 11.8. The number of aromatic nitrogens is 2. The molecular weight excluding hydrogens is 556 g/mol. The normalized spacial score (nSPS) is 11.5. The Kier molecular flexibility index (Phi) is 6.17. The van der Waals surface area contributed by atoms with Gasteiger partial charge in [0.1, 0.15) is 0 Å². The SMILES string of the molecule is c1ccc(-c2nc(-c3ccc(-c4c5ccccc5cc5c4ccc4ccccc45)cc3)cc(-c3ccc4ccccc4c3)n2)cc1. The molecule has 9 aromatic rings. The van der Waals surface area contributed by atoms with Crippen LogP contribution in [0.3, 0.4) is 0 Å². The lowest BCUT2D eigenvalue weighted by Crippen LogP contribution is -1.96. The Morgan fingerprint density at radius 2 is 0.870 bits per heavy atom. The fraction of sp³-hybridized carbons (Fsp3) is 0. The predicted molar refractivity (Wildman–Crippen MR) is 194 cm³/mol. The van der Waals surface area contributed by atoms with Crippen molar-refractivity contribution in [3.63, 3.8) is 0 Å². The molecule has 0 bridgehead atoms. The van der Waals surface area contributed by atoms with Gasteiger partial charge >= 0.3 is 0 Å². The standard InChI is InChI=1S/C44H28N2/c1-2-12-33(13-3-1)44-45-41(28-42(46-44)36-23-18-29-10-4-5-14-34(29)26-36)31-19-21-32(22-20-31)43-38-17-9-7-15-35(38)27-40-37-16-8-6-11-30(37)24-25-39(40)43/h1-28H. The van der Waals surface area contributed by atoms with Gasteiger partial charge in [-0.25, -0.2) is 9.97 Å². The van der Waals surface area contributed by atoms with Gasteiger partial charge in [0.25, 0.3) is 0 Å². The van der Waals surface area contributed by atoms with Crippen molar-refractivity contribution in [1.82, 2.24) is 9.97 Å². The molecule has 0 atom stereocenters. The molecule has 9 rings (SSSR count). The quantitative estimate of drug-likeness (QED) is 0.152. The monoisotopic (exact) mass is 584 g/mol. The number of hydrogen-bond donors (Lipinski definition) is 0. The number of rotatable bonds is 4. The maximum Gasteiger partial charge on any atom is 0.160 e. The zero-order valence-electron chi connectivity index (χ0n) is 25.1. The highest BCUT2D eigenvalue weighted by Crippen LogP contribution is 2.40. The van der Waals surface area contributed by atoms with Crippen molar-refractivity contribution in [3.05, 3.63) is 170 Å². The van der Waals surface area contributed by atoms with Crippen LogP contribution in [0.1, 0.15) is 0 Å². The molecule has 0 unspecified atom stereocenters. The minimum absolute atomic E-state index is 0.720. The van der Waals surface area contributed by atoms with Gasteiger partial charge in [0.05, 0.1) is 11.4 Å². The minimum atomic E-state index is 0.720. The molecule has 0 spiro atoms. The first kappa shape index (κ1) is 26.3. The van der Waals surface area contributed by atoms with Crippen LogP contribution >= 0.6 is 0 Å². The van der Waals surface area contributed by atoms with E-state index in [0.29, 0.717) is 0 Å². The molecule has 0 N–H and O–H groups in total. The van der Waals surface area contributed by atoms with Crippen LogP contribution in [-0.2, 0) is 0 Å². The molecular formula is C44H28N2. The second-order valence-corrected chi connectivity index (χ2v) is 11.8. The summed E-state index contributed by atoms with van der Waals surface area (Å²) in [6, 6.07) is 60.4. The van der Waals surface area contributed by atoms with Crippen molar-refractivity contribution < 1.29 is 0 Å². The van der Waals surface area contributed by atoms with Gasteiger partial charge in [0.2, 0.25) is 0 Å². The van der Waals surface area contributed by atoms with Crippen LogP contribution < -0.4 is 0 Å². The van der Waals surface area contributed by atoms with Crippen molar-refractivity contribution in [2.45, 2.75) is 0 Å². The molecule has 0 amide bonds. The molecule has 8 aromatic carbocycles. The smallest absolute Gasteiger partial charge is 0.160 e. The highest BCUT2D eigenvalue weighted by Gasteiger charge is 2.14. The van der Waals surface area contributed by atoms with Crippen LogP contribution in [0.4, 0.5) is 0 Å². The molecule has 214 valence electrons. The van der Waals surface area contributed by atoms with E-state index in [1.165, 1.54) is 54.2 Å². The van der Waals surface area contributed by atoms with Gasteiger partial charge in [-0.3, -0.25) is 0 Å². The van der Waals surface area contributed by atoms with E-state index in [0.717, 1.165) is 33.9 Å². The Morgan fingerprint density at radius 1 is 0.283 bits per heavy atom. The molecule has 0 radical (unpaired) electrons. The lowest BCUT2D eigenvalue weighted by atomic mass is 9.89. The van der Waals surface area contributed by atoms with Crippen molar-refractivity contribution in [3.8, 4) is 45.0 Å². The summed E-state index contributed by atoms with van der Waals surface area (Å²) in [5, 5.41) is 9.98. The van der Waals surface area contributed by atoms with Crippen LogP contribution in [0, 0.1) is 0 Å². The molecule has 0 fully saturated rings. The summed E-state index contributed by atoms with van der Waals surface area (Å²) in [6.07, 6.45) is 0. The van der Waals surface area contributed by atoms with E-state index in [1.807, 2.05) is 18.2 Å². The van der Waals surface area contributed by atoms with Crippen molar-refractivity contribution in [2.75, 3.05) is 0 Å². The summed E-state index contributed by atoms with van der Waals surface area (Å²) in [6.45, 7) is 0. The van der Waals surface area contributed by atoms with E-state index in [9.17, 15) is 0 Å². The first-order chi connectivity index (χ1) is 22.8. The van der Waals surface area contributed by atoms with Gasteiger partial charge < -0.3 is 0 Å². The molecule has 0 saturated carbocycles. The van der Waals surface area contributed by atoms with E-state index in [1.54, 1.807) is 0 Å². The molecule has 0 aliphatic rings. The number of hydrogen-bond acceptors (Lipinski definition) is 2. The van der Waals surface area contributed by atoms with Crippen molar-refractivity contribution in [1.29, 1.82) is 0 Å². The number of fused-ring (bicyclic) bond motifs is 5. The van der Waals surface area contributed by atoms with Crippen LogP contribution in [0.25, 0.3) is 88.1 Å². The van der Waals surface area contributed by atoms with Crippen LogP contribution in [-0.4, -0.2) is 9.97 Å². The molecule has 0 saturated heterocycles. The maximum absolute atomic E-state index is 5.09. The van der Waals surface area contributed by atoms with Gasteiger partial charge in [0.15, 0.2) is 5.82 Å². The van der Waals surface area contributed by atoms with Gasteiger partial charge in [0, 0.05) is 16.7 Å². The zero-order chi connectivity index (χ0) is 30.5. The lowest BCUT2D eigenvalue weighted by molar-refractivity contribution is 1.18. The van der Waals surface area contributed by atoms with Gasteiger partial charge in [-0.05, 0) is 72.4 Å². The molecule has 2 heteroatoms. The topological polar surface area (TPSA) is 25.8 Å². The highest BCUT2D eigenvalue weighted by molar-refractivity contribution is 6.20. The number of benzene rings is 8. The first-order valence-corrected chi connectivity index (χ1v) is 15.7. The summed E-state index contributed by atoms with van der Waals surface area (Å²) >= 11 is 0. The maximum atomic E-state index is 5.09. The Hall–Kier alpha value is -6.12. The molecule has 1 aromatic heterocycles. The van der Waals surface area contributed by atoms with E-state index >= 15 is 0 Å². The fourth-order valence-corrected chi connectivity index (χ4v) is 6.75. The molecule has 46 heavy (non-hydrogen) atoms. The molecule has 1 heterocycles. The van der Waals surface area contributed by atoms with E-state index in [4.69, 9.17) is 9.97 Å². The summed E-state index contributed by atoms with van der Waals surface area (Å²) < 4.78 is 0. The lowest BCUT2D eigenvalue weighted by Gasteiger charge is -2.15. The average Bonchev–Trinajstić information content (AvgIpc) is 3.14. The Morgan fingerprint density at radius 3 is 1.67 bits per heavy atom. The third kappa shape index (κ3) is 4.51. The summed E-state index contributed by atoms with van der Waals surface area (Å²) in [5.41, 5.74) is 7.38. The molecule has 0 aliphatic heterocycles. The highest BCUT2D eigenvalue weighted by atomic mass is 14.9. The summed E-state index contributed by atoms with van der Waals surface area (Å²) in [4.78, 5) is 10.1. The van der Waals surface area contributed by atoms with Crippen LogP contribution in [0.15, 0.2) is 170 Å². The van der Waals surface area contributed by atoms with E-state index < -0.39 is 0 Å². The Bertz CT molecular complexity index is 2570. The Labute approximate surface area is 267 Å². The number of nitrogens with zero attached hydrogens (tertiary/aromatic N) is 2. The fourth-order valence-electron chi connectivity index (χ4n) is 6.75. The minimum Gasteiger partial charge on any atom is -0.228 e. The largest absolute Gasteiger partial charge is 0.228 e. The first-order valence-electron chi connectivity index (χ1n) is 15.7.